The zero-order valence-electron chi connectivity index (χ0n) is 11.4. The van der Waals surface area contributed by atoms with E-state index in [1.165, 1.54) is 6.07 Å². The molecule has 0 bridgehead atoms. The van der Waals surface area contributed by atoms with Gasteiger partial charge < -0.3 is 9.73 Å². The number of nitrogens with one attached hydrogen (secondary N) is 1. The Morgan fingerprint density at radius 3 is 2.35 bits per heavy atom. The standard InChI is InChI=1S/C14H15FN2O3/c1-8-6-10(7-9(2)13(8)15)14(16-3)11-4-5-12(20-11)17(18)19/h4-7,14,16H,1-3H3. The Kier molecular flexibility index (Phi) is 3.85. The highest BCUT2D eigenvalue weighted by Crippen LogP contribution is 2.28. The van der Waals surface area contributed by atoms with E-state index in [9.17, 15) is 14.5 Å². The molecule has 106 valence electrons. The Bertz CT molecular complexity index is 629. The monoisotopic (exact) mass is 278 g/mol. The molecule has 0 fully saturated rings. The quantitative estimate of drug-likeness (QED) is 0.688. The van der Waals surface area contributed by atoms with Crippen molar-refractivity contribution in [2.24, 2.45) is 0 Å². The number of nitrogens with zero attached hydrogens (tertiary/aromatic N) is 1. The molecule has 6 heteroatoms. The summed E-state index contributed by atoms with van der Waals surface area (Å²) in [6, 6.07) is 5.91. The summed E-state index contributed by atoms with van der Waals surface area (Å²) >= 11 is 0. The zero-order valence-corrected chi connectivity index (χ0v) is 11.4. The van der Waals surface area contributed by atoms with Crippen LogP contribution in [0, 0.1) is 29.8 Å². The number of rotatable bonds is 4. The molecule has 2 rings (SSSR count). The third kappa shape index (κ3) is 2.55. The summed E-state index contributed by atoms with van der Waals surface area (Å²) in [5, 5.41) is 13.7. The summed E-state index contributed by atoms with van der Waals surface area (Å²) in [4.78, 5) is 10.1. The molecule has 1 unspecified atom stereocenters. The molecule has 1 atom stereocenters. The van der Waals surface area contributed by atoms with E-state index in [2.05, 4.69) is 5.32 Å². The van der Waals surface area contributed by atoms with Gasteiger partial charge in [-0.2, -0.15) is 0 Å². The molecule has 0 aliphatic rings. The lowest BCUT2D eigenvalue weighted by Gasteiger charge is -2.16. The first-order chi connectivity index (χ1) is 9.43. The van der Waals surface area contributed by atoms with Gasteiger partial charge >= 0.3 is 5.88 Å². The van der Waals surface area contributed by atoms with Gasteiger partial charge in [-0.25, -0.2) is 4.39 Å². The van der Waals surface area contributed by atoms with Crippen molar-refractivity contribution >= 4 is 5.88 Å². The number of furan rings is 1. The van der Waals surface area contributed by atoms with Gasteiger partial charge in [-0.1, -0.05) is 12.1 Å². The highest BCUT2D eigenvalue weighted by molar-refractivity contribution is 5.36. The summed E-state index contributed by atoms with van der Waals surface area (Å²) in [6.45, 7) is 3.37. The van der Waals surface area contributed by atoms with Gasteiger partial charge in [-0.15, -0.1) is 0 Å². The first-order valence-corrected chi connectivity index (χ1v) is 6.12. The van der Waals surface area contributed by atoms with E-state index in [-0.39, 0.29) is 17.7 Å². The number of benzene rings is 1. The summed E-state index contributed by atoms with van der Waals surface area (Å²) in [5.41, 5.74) is 1.86. The van der Waals surface area contributed by atoms with Crippen molar-refractivity contribution in [2.45, 2.75) is 19.9 Å². The molecule has 0 saturated carbocycles. The summed E-state index contributed by atoms with van der Waals surface area (Å²) in [6.07, 6.45) is 0. The lowest BCUT2D eigenvalue weighted by molar-refractivity contribution is -0.402. The topological polar surface area (TPSA) is 68.3 Å². The normalized spacial score (nSPS) is 12.4. The summed E-state index contributed by atoms with van der Waals surface area (Å²) in [7, 11) is 1.72. The average molecular weight is 278 g/mol. The first-order valence-electron chi connectivity index (χ1n) is 6.12. The maximum absolute atomic E-state index is 13.7. The van der Waals surface area contributed by atoms with Crippen molar-refractivity contribution in [1.29, 1.82) is 0 Å². The average Bonchev–Trinajstić information content (AvgIpc) is 2.86. The lowest BCUT2D eigenvalue weighted by atomic mass is 9.99. The molecule has 0 saturated heterocycles. The maximum Gasteiger partial charge on any atom is 0.433 e. The molecule has 0 aliphatic carbocycles. The van der Waals surface area contributed by atoms with Crippen molar-refractivity contribution in [2.75, 3.05) is 7.05 Å². The Balaban J connectivity index is 2.43. The van der Waals surface area contributed by atoms with E-state index in [1.807, 2.05) is 0 Å². The Morgan fingerprint density at radius 2 is 1.90 bits per heavy atom. The van der Waals surface area contributed by atoms with Gasteiger partial charge in [-0.05, 0) is 43.7 Å². The van der Waals surface area contributed by atoms with Crippen LogP contribution in [0.5, 0.6) is 0 Å². The van der Waals surface area contributed by atoms with Crippen LogP contribution >= 0.6 is 0 Å². The molecule has 1 aromatic heterocycles. The lowest BCUT2D eigenvalue weighted by Crippen LogP contribution is -2.17. The minimum atomic E-state index is -0.586. The van der Waals surface area contributed by atoms with Gasteiger partial charge in [0.1, 0.15) is 16.5 Å². The van der Waals surface area contributed by atoms with E-state index in [0.29, 0.717) is 16.9 Å². The number of hydrogen-bond acceptors (Lipinski definition) is 4. The van der Waals surface area contributed by atoms with Crippen LogP contribution < -0.4 is 5.32 Å². The Hall–Kier alpha value is -2.21. The molecule has 1 N–H and O–H groups in total. The molecular weight excluding hydrogens is 263 g/mol. The van der Waals surface area contributed by atoms with Crippen molar-refractivity contribution in [3.05, 3.63) is 62.6 Å². The molecule has 0 amide bonds. The van der Waals surface area contributed by atoms with Gasteiger partial charge in [0.25, 0.3) is 0 Å². The Labute approximate surface area is 115 Å². The molecule has 0 aliphatic heterocycles. The van der Waals surface area contributed by atoms with Crippen LogP contribution in [0.15, 0.2) is 28.7 Å². The van der Waals surface area contributed by atoms with E-state index >= 15 is 0 Å². The van der Waals surface area contributed by atoms with Crippen LogP contribution in [-0.4, -0.2) is 12.0 Å². The van der Waals surface area contributed by atoms with Crippen LogP contribution in [0.25, 0.3) is 0 Å². The second kappa shape index (κ2) is 5.42. The summed E-state index contributed by atoms with van der Waals surface area (Å²) in [5.74, 6) is -0.130. The van der Waals surface area contributed by atoms with Crippen LogP contribution in [0.2, 0.25) is 0 Å². The second-order valence-corrected chi connectivity index (χ2v) is 4.62. The minimum absolute atomic E-state index is 0.242. The molecule has 0 radical (unpaired) electrons. The van der Waals surface area contributed by atoms with E-state index < -0.39 is 4.92 Å². The van der Waals surface area contributed by atoms with Crippen LogP contribution in [0.3, 0.4) is 0 Å². The third-order valence-electron chi connectivity index (χ3n) is 3.16. The molecule has 20 heavy (non-hydrogen) atoms. The van der Waals surface area contributed by atoms with Gasteiger partial charge in [0.05, 0.1) is 12.1 Å². The van der Waals surface area contributed by atoms with Gasteiger partial charge in [0, 0.05) is 0 Å². The minimum Gasteiger partial charge on any atom is -0.404 e. The molecule has 2 aromatic rings. The maximum atomic E-state index is 13.7. The molecule has 0 spiro atoms. The van der Waals surface area contributed by atoms with Crippen molar-refractivity contribution in [1.82, 2.24) is 5.32 Å². The van der Waals surface area contributed by atoms with Crippen molar-refractivity contribution < 1.29 is 13.7 Å². The fourth-order valence-corrected chi connectivity index (χ4v) is 2.21. The third-order valence-corrected chi connectivity index (χ3v) is 3.16. The van der Waals surface area contributed by atoms with E-state index in [0.717, 1.165) is 5.56 Å². The predicted molar refractivity (Wildman–Crippen MR) is 72.1 cm³/mol. The van der Waals surface area contributed by atoms with Gasteiger partial charge in [-0.3, -0.25) is 10.1 Å². The molecule has 1 heterocycles. The van der Waals surface area contributed by atoms with Crippen LogP contribution in [0.1, 0.15) is 28.5 Å². The fourth-order valence-electron chi connectivity index (χ4n) is 2.21. The fraction of sp³-hybridized carbons (Fsp3) is 0.286. The van der Waals surface area contributed by atoms with Crippen molar-refractivity contribution in [3.63, 3.8) is 0 Å². The smallest absolute Gasteiger partial charge is 0.404 e. The molecule has 1 aromatic carbocycles. The molecule has 5 nitrogen and oxygen atoms in total. The number of nitro groups is 1. The Morgan fingerprint density at radius 1 is 1.30 bits per heavy atom. The molecular formula is C14H15FN2O3. The number of aryl methyl sites for hydroxylation is 2. The van der Waals surface area contributed by atoms with Crippen LogP contribution in [-0.2, 0) is 0 Å². The zero-order chi connectivity index (χ0) is 14.9. The van der Waals surface area contributed by atoms with Crippen molar-refractivity contribution in [3.8, 4) is 0 Å². The first kappa shape index (κ1) is 14.2. The number of halogens is 1. The number of hydrogen-bond donors (Lipinski definition) is 1. The van der Waals surface area contributed by atoms with E-state index in [1.54, 1.807) is 39.1 Å². The SMILES string of the molecule is CNC(c1cc(C)c(F)c(C)c1)c1ccc([N+](=O)[O-])o1. The highest BCUT2D eigenvalue weighted by atomic mass is 19.1. The largest absolute Gasteiger partial charge is 0.433 e. The van der Waals surface area contributed by atoms with Gasteiger partial charge in [0.2, 0.25) is 0 Å². The van der Waals surface area contributed by atoms with Crippen LogP contribution in [0.4, 0.5) is 10.3 Å². The van der Waals surface area contributed by atoms with Gasteiger partial charge in [0.15, 0.2) is 0 Å². The highest BCUT2D eigenvalue weighted by Gasteiger charge is 2.21. The summed E-state index contributed by atoms with van der Waals surface area (Å²) < 4.78 is 18.9. The van der Waals surface area contributed by atoms with E-state index in [4.69, 9.17) is 4.42 Å². The predicted octanol–water partition coefficient (Wildman–Crippen LogP) is 3.25. The second-order valence-electron chi connectivity index (χ2n) is 4.62.